The second-order valence-corrected chi connectivity index (χ2v) is 4.82. The van der Waals surface area contributed by atoms with Crippen LogP contribution in [0.4, 0.5) is 5.82 Å². The lowest BCUT2D eigenvalue weighted by Gasteiger charge is -2.07. The Morgan fingerprint density at radius 3 is 2.71 bits per heavy atom. The zero-order valence-electron chi connectivity index (χ0n) is 8.82. The standard InChI is InChI=1S/C10H8Cl2N4S/c1-13-9-6(11)4-7(12)10(16-9)17-8-5-14-2-3-15-8/h2-5H,1H3,(H,13,16). The molecular formula is C10H8Cl2N4S. The van der Waals surface area contributed by atoms with Crippen molar-refractivity contribution in [1.29, 1.82) is 0 Å². The van der Waals surface area contributed by atoms with Crippen LogP contribution in [0.5, 0.6) is 0 Å². The molecular weight excluding hydrogens is 279 g/mol. The van der Waals surface area contributed by atoms with Crippen LogP contribution in [0, 0.1) is 0 Å². The monoisotopic (exact) mass is 286 g/mol. The molecule has 4 nitrogen and oxygen atoms in total. The van der Waals surface area contributed by atoms with Crippen molar-refractivity contribution < 1.29 is 0 Å². The molecule has 0 unspecified atom stereocenters. The van der Waals surface area contributed by atoms with Crippen LogP contribution in [-0.4, -0.2) is 22.0 Å². The second kappa shape index (κ2) is 5.53. The molecule has 0 fully saturated rings. The molecule has 0 aliphatic heterocycles. The van der Waals surface area contributed by atoms with Crippen LogP contribution >= 0.6 is 35.0 Å². The number of hydrogen-bond donors (Lipinski definition) is 1. The predicted octanol–water partition coefficient (Wildman–Crippen LogP) is 3.37. The molecule has 0 bridgehead atoms. The summed E-state index contributed by atoms with van der Waals surface area (Å²) < 4.78 is 0. The summed E-state index contributed by atoms with van der Waals surface area (Å²) in [6, 6.07) is 1.65. The van der Waals surface area contributed by atoms with Gasteiger partial charge in [-0.05, 0) is 17.8 Å². The molecule has 0 spiro atoms. The Bertz CT molecular complexity index is 521. The Kier molecular flexibility index (Phi) is 4.04. The molecule has 2 heterocycles. The summed E-state index contributed by atoms with van der Waals surface area (Å²) in [5.74, 6) is 0.586. The van der Waals surface area contributed by atoms with Crippen molar-refractivity contribution >= 4 is 40.8 Å². The molecule has 0 radical (unpaired) electrons. The second-order valence-electron chi connectivity index (χ2n) is 3.00. The van der Waals surface area contributed by atoms with Gasteiger partial charge in [0.05, 0.1) is 16.2 Å². The van der Waals surface area contributed by atoms with Crippen molar-refractivity contribution in [1.82, 2.24) is 15.0 Å². The molecule has 0 aromatic carbocycles. The SMILES string of the molecule is CNc1nc(Sc2cnccn2)c(Cl)cc1Cl. The smallest absolute Gasteiger partial charge is 0.146 e. The molecule has 0 aliphatic rings. The van der Waals surface area contributed by atoms with Gasteiger partial charge in [0.25, 0.3) is 0 Å². The van der Waals surface area contributed by atoms with Crippen LogP contribution in [-0.2, 0) is 0 Å². The van der Waals surface area contributed by atoms with E-state index < -0.39 is 0 Å². The van der Waals surface area contributed by atoms with E-state index in [9.17, 15) is 0 Å². The Morgan fingerprint density at radius 2 is 2.06 bits per heavy atom. The molecule has 0 amide bonds. The Hall–Kier alpha value is -1.04. The van der Waals surface area contributed by atoms with Crippen molar-refractivity contribution in [2.24, 2.45) is 0 Å². The lowest BCUT2D eigenvalue weighted by atomic mass is 10.4. The number of aromatic nitrogens is 3. The largest absolute Gasteiger partial charge is 0.372 e. The summed E-state index contributed by atoms with van der Waals surface area (Å²) in [5, 5.41) is 5.24. The first kappa shape index (κ1) is 12.4. The van der Waals surface area contributed by atoms with Gasteiger partial charge in [0.2, 0.25) is 0 Å². The van der Waals surface area contributed by atoms with Crippen LogP contribution in [0.15, 0.2) is 34.7 Å². The number of nitrogens with zero attached hydrogens (tertiary/aromatic N) is 3. The maximum absolute atomic E-state index is 6.06. The molecule has 1 N–H and O–H groups in total. The number of rotatable bonds is 3. The molecule has 0 saturated heterocycles. The summed E-state index contributed by atoms with van der Waals surface area (Å²) in [7, 11) is 1.75. The van der Waals surface area contributed by atoms with Gasteiger partial charge in [0.1, 0.15) is 15.9 Å². The molecule has 2 aromatic rings. The number of anilines is 1. The van der Waals surface area contributed by atoms with Gasteiger partial charge in [-0.3, -0.25) is 4.98 Å². The third kappa shape index (κ3) is 3.00. The fraction of sp³-hybridized carbons (Fsp3) is 0.100. The van der Waals surface area contributed by atoms with E-state index in [1.165, 1.54) is 11.8 Å². The van der Waals surface area contributed by atoms with Crippen LogP contribution in [0.2, 0.25) is 10.0 Å². The van der Waals surface area contributed by atoms with Crippen LogP contribution in [0.1, 0.15) is 0 Å². The molecule has 2 aromatic heterocycles. The van der Waals surface area contributed by atoms with E-state index in [-0.39, 0.29) is 0 Å². The van der Waals surface area contributed by atoms with E-state index in [1.54, 1.807) is 31.7 Å². The van der Waals surface area contributed by atoms with E-state index in [4.69, 9.17) is 23.2 Å². The maximum atomic E-state index is 6.06. The first-order chi connectivity index (χ1) is 8.20. The van der Waals surface area contributed by atoms with Crippen molar-refractivity contribution in [2.75, 3.05) is 12.4 Å². The highest BCUT2D eigenvalue weighted by Crippen LogP contribution is 2.34. The fourth-order valence-corrected chi connectivity index (χ4v) is 2.42. The minimum Gasteiger partial charge on any atom is -0.372 e. The predicted molar refractivity (Wildman–Crippen MR) is 70.0 cm³/mol. The number of hydrogen-bond acceptors (Lipinski definition) is 5. The highest BCUT2D eigenvalue weighted by atomic mass is 35.5. The van der Waals surface area contributed by atoms with Crippen molar-refractivity contribution in [3.63, 3.8) is 0 Å². The number of nitrogens with one attached hydrogen (secondary N) is 1. The zero-order chi connectivity index (χ0) is 12.3. The van der Waals surface area contributed by atoms with Gasteiger partial charge in [-0.25, -0.2) is 9.97 Å². The summed E-state index contributed by atoms with van der Waals surface area (Å²) in [6.45, 7) is 0. The Morgan fingerprint density at radius 1 is 1.24 bits per heavy atom. The summed E-state index contributed by atoms with van der Waals surface area (Å²) in [5.41, 5.74) is 0. The van der Waals surface area contributed by atoms with E-state index in [2.05, 4.69) is 20.3 Å². The van der Waals surface area contributed by atoms with Gasteiger partial charge in [0, 0.05) is 19.4 Å². The molecule has 0 saturated carbocycles. The molecule has 0 atom stereocenters. The summed E-state index contributed by atoms with van der Waals surface area (Å²) in [4.78, 5) is 12.4. The third-order valence-electron chi connectivity index (χ3n) is 1.87. The molecule has 0 aliphatic carbocycles. The minimum atomic E-state index is 0.487. The average Bonchev–Trinajstić information content (AvgIpc) is 2.34. The lowest BCUT2D eigenvalue weighted by Crippen LogP contribution is -1.95. The van der Waals surface area contributed by atoms with Gasteiger partial charge in [0.15, 0.2) is 0 Å². The van der Waals surface area contributed by atoms with Gasteiger partial charge >= 0.3 is 0 Å². The Balaban J connectivity index is 2.33. The first-order valence-electron chi connectivity index (χ1n) is 4.68. The fourth-order valence-electron chi connectivity index (χ4n) is 1.13. The van der Waals surface area contributed by atoms with Crippen LogP contribution in [0.3, 0.4) is 0 Å². The van der Waals surface area contributed by atoms with Gasteiger partial charge in [-0.2, -0.15) is 0 Å². The Labute approximate surface area is 113 Å². The quantitative estimate of drug-likeness (QED) is 0.938. The molecule has 88 valence electrons. The van der Waals surface area contributed by atoms with E-state index >= 15 is 0 Å². The van der Waals surface area contributed by atoms with Crippen molar-refractivity contribution in [3.8, 4) is 0 Å². The third-order valence-corrected chi connectivity index (χ3v) is 3.49. The first-order valence-corrected chi connectivity index (χ1v) is 6.25. The van der Waals surface area contributed by atoms with Gasteiger partial charge < -0.3 is 5.32 Å². The normalized spacial score (nSPS) is 10.3. The molecule has 17 heavy (non-hydrogen) atoms. The van der Waals surface area contributed by atoms with Crippen LogP contribution < -0.4 is 5.32 Å². The highest BCUT2D eigenvalue weighted by molar-refractivity contribution is 7.99. The highest BCUT2D eigenvalue weighted by Gasteiger charge is 2.10. The van der Waals surface area contributed by atoms with Crippen LogP contribution in [0.25, 0.3) is 0 Å². The van der Waals surface area contributed by atoms with Gasteiger partial charge in [-0.15, -0.1) is 0 Å². The molecule has 2 rings (SSSR count). The molecule has 7 heteroatoms. The summed E-state index contributed by atoms with van der Waals surface area (Å²) >= 11 is 13.4. The zero-order valence-corrected chi connectivity index (χ0v) is 11.1. The van der Waals surface area contributed by atoms with Crippen molar-refractivity contribution in [2.45, 2.75) is 10.1 Å². The average molecular weight is 287 g/mol. The van der Waals surface area contributed by atoms with Gasteiger partial charge in [-0.1, -0.05) is 23.2 Å². The van der Waals surface area contributed by atoms with Crippen molar-refractivity contribution in [3.05, 3.63) is 34.7 Å². The lowest BCUT2D eigenvalue weighted by molar-refractivity contribution is 1.04. The van der Waals surface area contributed by atoms with E-state index in [1.807, 2.05) is 0 Å². The van der Waals surface area contributed by atoms with E-state index in [0.29, 0.717) is 20.9 Å². The number of pyridine rings is 1. The number of halogens is 2. The summed E-state index contributed by atoms with van der Waals surface area (Å²) in [6.07, 6.45) is 4.88. The van der Waals surface area contributed by atoms with E-state index in [0.717, 1.165) is 5.03 Å². The minimum absolute atomic E-state index is 0.487. The topological polar surface area (TPSA) is 50.7 Å². The maximum Gasteiger partial charge on any atom is 0.146 e.